The van der Waals surface area contributed by atoms with Crippen molar-refractivity contribution in [1.82, 2.24) is 15.5 Å². The molecule has 1 atom stereocenters. The molecule has 1 aliphatic rings. The molecule has 2 N–H and O–H groups in total. The van der Waals surface area contributed by atoms with E-state index >= 15 is 0 Å². The van der Waals surface area contributed by atoms with Crippen molar-refractivity contribution in [1.29, 1.82) is 0 Å². The maximum absolute atomic E-state index is 12.3. The molecule has 0 aromatic heterocycles. The second-order valence-electron chi connectivity index (χ2n) is 7.65. The molecule has 134 valence electrons. The standard InChI is InChI=1S/C17H33N3O3/c1-13(2)10-19-15(21)12-18-11-14-8-6-7-9-20(14)16(22)23-17(3,4)5/h13-14,18H,6-12H2,1-5H3,(H,19,21). The zero-order valence-corrected chi connectivity index (χ0v) is 15.3. The lowest BCUT2D eigenvalue weighted by Gasteiger charge is -2.36. The van der Waals surface area contributed by atoms with Gasteiger partial charge in [0.1, 0.15) is 5.60 Å². The molecule has 0 aliphatic carbocycles. The molecule has 1 fully saturated rings. The Hall–Kier alpha value is -1.30. The topological polar surface area (TPSA) is 70.7 Å². The summed E-state index contributed by atoms with van der Waals surface area (Å²) in [6.07, 6.45) is 2.80. The van der Waals surface area contributed by atoms with Crippen LogP contribution in [0.3, 0.4) is 0 Å². The van der Waals surface area contributed by atoms with Gasteiger partial charge in [0.15, 0.2) is 0 Å². The zero-order valence-electron chi connectivity index (χ0n) is 15.3. The predicted octanol–water partition coefficient (Wildman–Crippen LogP) is 2.14. The summed E-state index contributed by atoms with van der Waals surface area (Å²) >= 11 is 0. The average Bonchev–Trinajstić information content (AvgIpc) is 2.43. The largest absolute Gasteiger partial charge is 0.444 e. The van der Waals surface area contributed by atoms with Crippen molar-refractivity contribution < 1.29 is 14.3 Å². The van der Waals surface area contributed by atoms with Crippen LogP contribution in [0, 0.1) is 5.92 Å². The van der Waals surface area contributed by atoms with Crippen LogP contribution < -0.4 is 10.6 Å². The van der Waals surface area contributed by atoms with Crippen molar-refractivity contribution in [3.8, 4) is 0 Å². The van der Waals surface area contributed by atoms with Gasteiger partial charge >= 0.3 is 6.09 Å². The van der Waals surface area contributed by atoms with Crippen molar-refractivity contribution in [2.75, 3.05) is 26.2 Å². The third-order valence-corrected chi connectivity index (χ3v) is 3.63. The first kappa shape index (κ1) is 19.7. The van der Waals surface area contributed by atoms with Crippen molar-refractivity contribution in [3.63, 3.8) is 0 Å². The summed E-state index contributed by atoms with van der Waals surface area (Å²) < 4.78 is 5.48. The number of carbonyl (C=O) groups excluding carboxylic acids is 2. The highest BCUT2D eigenvalue weighted by molar-refractivity contribution is 5.78. The molecule has 6 nitrogen and oxygen atoms in total. The molecular weight excluding hydrogens is 294 g/mol. The van der Waals surface area contributed by atoms with Crippen molar-refractivity contribution in [3.05, 3.63) is 0 Å². The molecule has 0 saturated carbocycles. The second kappa shape index (κ2) is 9.11. The Kier molecular flexibility index (Phi) is 7.82. The highest BCUT2D eigenvalue weighted by Crippen LogP contribution is 2.19. The normalized spacial score (nSPS) is 18.9. The van der Waals surface area contributed by atoms with Crippen LogP contribution in [0.25, 0.3) is 0 Å². The third-order valence-electron chi connectivity index (χ3n) is 3.63. The van der Waals surface area contributed by atoms with Crippen LogP contribution in [0.2, 0.25) is 0 Å². The third kappa shape index (κ3) is 8.21. The van der Waals surface area contributed by atoms with Crippen LogP contribution in [0.5, 0.6) is 0 Å². The molecule has 1 aliphatic heterocycles. The molecule has 0 radical (unpaired) electrons. The van der Waals surface area contributed by atoms with Crippen LogP contribution in [0.15, 0.2) is 0 Å². The fraction of sp³-hybridized carbons (Fsp3) is 0.882. The fourth-order valence-electron chi connectivity index (χ4n) is 2.51. The van der Waals surface area contributed by atoms with E-state index in [1.807, 2.05) is 20.8 Å². The van der Waals surface area contributed by atoms with Crippen LogP contribution >= 0.6 is 0 Å². The molecular formula is C17H33N3O3. The van der Waals surface area contributed by atoms with Crippen molar-refractivity contribution in [2.45, 2.75) is 65.5 Å². The minimum atomic E-state index is -0.483. The molecule has 1 heterocycles. The summed E-state index contributed by atoms with van der Waals surface area (Å²) in [5.74, 6) is 0.443. The lowest BCUT2D eigenvalue weighted by Crippen LogP contribution is -2.51. The van der Waals surface area contributed by atoms with Crippen molar-refractivity contribution >= 4 is 12.0 Å². The summed E-state index contributed by atoms with van der Waals surface area (Å²) in [5, 5.41) is 6.04. The fourth-order valence-corrected chi connectivity index (χ4v) is 2.51. The lowest BCUT2D eigenvalue weighted by molar-refractivity contribution is -0.120. The van der Waals surface area contributed by atoms with Gasteiger partial charge in [0.2, 0.25) is 5.91 Å². The first-order valence-corrected chi connectivity index (χ1v) is 8.66. The molecule has 0 aromatic carbocycles. The van der Waals surface area contributed by atoms with Gasteiger partial charge in [0.25, 0.3) is 0 Å². The number of nitrogens with one attached hydrogen (secondary N) is 2. The van der Waals surface area contributed by atoms with E-state index in [4.69, 9.17) is 4.74 Å². The van der Waals surface area contributed by atoms with Gasteiger partial charge in [0, 0.05) is 25.7 Å². The minimum Gasteiger partial charge on any atom is -0.444 e. The van der Waals surface area contributed by atoms with Crippen LogP contribution in [-0.4, -0.2) is 54.7 Å². The van der Waals surface area contributed by atoms with Crippen LogP contribution in [0.1, 0.15) is 53.9 Å². The summed E-state index contributed by atoms with van der Waals surface area (Å²) in [6.45, 7) is 12.1. The Morgan fingerprint density at radius 1 is 1.26 bits per heavy atom. The minimum absolute atomic E-state index is 0.00155. The smallest absolute Gasteiger partial charge is 0.410 e. The van der Waals surface area contributed by atoms with E-state index in [0.717, 1.165) is 25.8 Å². The predicted molar refractivity (Wildman–Crippen MR) is 91.3 cm³/mol. The number of likely N-dealkylation sites (tertiary alicyclic amines) is 1. The molecule has 6 heteroatoms. The van der Waals surface area contributed by atoms with Gasteiger partial charge in [-0.15, -0.1) is 0 Å². The van der Waals surface area contributed by atoms with Gasteiger partial charge in [-0.2, -0.15) is 0 Å². The lowest BCUT2D eigenvalue weighted by atomic mass is 10.0. The first-order chi connectivity index (χ1) is 10.7. The Morgan fingerprint density at radius 2 is 1.96 bits per heavy atom. The molecule has 1 unspecified atom stereocenters. The summed E-state index contributed by atoms with van der Waals surface area (Å²) in [6, 6.07) is 0.0940. The number of amides is 2. The number of hydrogen-bond acceptors (Lipinski definition) is 4. The maximum atomic E-state index is 12.3. The number of carbonyl (C=O) groups is 2. The quantitative estimate of drug-likeness (QED) is 0.784. The van der Waals surface area contributed by atoms with E-state index in [2.05, 4.69) is 24.5 Å². The van der Waals surface area contributed by atoms with Gasteiger partial charge in [0.05, 0.1) is 6.54 Å². The maximum Gasteiger partial charge on any atom is 0.410 e. The van der Waals surface area contributed by atoms with Gasteiger partial charge in [-0.25, -0.2) is 4.79 Å². The second-order valence-corrected chi connectivity index (χ2v) is 7.65. The van der Waals surface area contributed by atoms with Gasteiger partial charge < -0.3 is 20.3 Å². The SMILES string of the molecule is CC(C)CNC(=O)CNCC1CCCCN1C(=O)OC(C)(C)C. The zero-order chi connectivity index (χ0) is 17.5. The number of ether oxygens (including phenoxy) is 1. The number of nitrogens with zero attached hydrogens (tertiary/aromatic N) is 1. The van der Waals surface area contributed by atoms with Crippen LogP contribution in [0.4, 0.5) is 4.79 Å². The molecule has 1 saturated heterocycles. The molecule has 0 aromatic rings. The monoisotopic (exact) mass is 327 g/mol. The van der Waals surface area contributed by atoms with E-state index in [9.17, 15) is 9.59 Å². The van der Waals surface area contributed by atoms with E-state index in [1.165, 1.54) is 0 Å². The van der Waals surface area contributed by atoms with E-state index in [1.54, 1.807) is 4.90 Å². The Bertz CT molecular complexity index is 391. The molecule has 0 bridgehead atoms. The van der Waals surface area contributed by atoms with Crippen LogP contribution in [-0.2, 0) is 9.53 Å². The first-order valence-electron chi connectivity index (χ1n) is 8.66. The summed E-state index contributed by atoms with van der Waals surface area (Å²) in [5.41, 5.74) is -0.483. The Labute approximate surface area is 140 Å². The average molecular weight is 327 g/mol. The molecule has 1 rings (SSSR count). The number of rotatable bonds is 6. The number of piperidine rings is 1. The van der Waals surface area contributed by atoms with Crippen molar-refractivity contribution in [2.24, 2.45) is 5.92 Å². The highest BCUT2D eigenvalue weighted by Gasteiger charge is 2.30. The highest BCUT2D eigenvalue weighted by atomic mass is 16.6. The summed E-state index contributed by atoms with van der Waals surface area (Å²) in [7, 11) is 0. The van der Waals surface area contributed by atoms with Gasteiger partial charge in [-0.1, -0.05) is 13.8 Å². The molecule has 23 heavy (non-hydrogen) atoms. The Balaban J connectivity index is 2.40. The Morgan fingerprint density at radius 3 is 2.57 bits per heavy atom. The van der Waals surface area contributed by atoms with E-state index in [-0.39, 0.29) is 24.6 Å². The number of hydrogen-bond donors (Lipinski definition) is 2. The summed E-state index contributed by atoms with van der Waals surface area (Å²) in [4.78, 5) is 25.8. The van der Waals surface area contributed by atoms with Gasteiger partial charge in [-0.3, -0.25) is 4.79 Å². The molecule has 0 spiro atoms. The van der Waals surface area contributed by atoms with Gasteiger partial charge in [-0.05, 0) is 46.0 Å². The molecule has 2 amide bonds. The van der Waals surface area contributed by atoms with E-state index in [0.29, 0.717) is 19.0 Å². The van der Waals surface area contributed by atoms with E-state index < -0.39 is 5.60 Å².